The van der Waals surface area contributed by atoms with E-state index in [-0.39, 0.29) is 48.7 Å². The van der Waals surface area contributed by atoms with Crippen LogP contribution in [-0.2, 0) is 14.4 Å². The topological polar surface area (TPSA) is 212 Å². The van der Waals surface area contributed by atoms with Crippen molar-refractivity contribution < 1.29 is 44.0 Å². The van der Waals surface area contributed by atoms with Crippen molar-refractivity contribution in [3.8, 4) is 49.6 Å². The first-order chi connectivity index (χ1) is 35.0. The number of nitrogens with one attached hydrogen (secondary N) is 3. The van der Waals surface area contributed by atoms with E-state index in [0.717, 1.165) is 47.8 Å². The van der Waals surface area contributed by atoms with Crippen molar-refractivity contribution in [2.75, 3.05) is 13.2 Å². The van der Waals surface area contributed by atoms with Crippen molar-refractivity contribution in [1.29, 1.82) is 0 Å². The van der Waals surface area contributed by atoms with Crippen molar-refractivity contribution in [1.82, 2.24) is 25.9 Å². The van der Waals surface area contributed by atoms with Gasteiger partial charge in [0.1, 0.15) is 35.1 Å². The van der Waals surface area contributed by atoms with Gasteiger partial charge in [-0.25, -0.2) is 10.4 Å². The lowest BCUT2D eigenvalue weighted by Crippen LogP contribution is -2.57. The highest BCUT2D eigenvalue weighted by molar-refractivity contribution is 7.22. The number of hydrazone groups is 1. The van der Waals surface area contributed by atoms with E-state index >= 15 is 0 Å². The summed E-state index contributed by atoms with van der Waals surface area (Å²) in [6, 6.07) is 31.4. The van der Waals surface area contributed by atoms with Gasteiger partial charge in [-0.2, -0.15) is 5.10 Å². The molecule has 6 N–H and O–H groups in total. The van der Waals surface area contributed by atoms with E-state index in [1.807, 2.05) is 64.4 Å². The number of β-amino-alcohol motifs (C(OH)–C–C–N with tert-alkyl or cyclic N) is 1. The minimum absolute atomic E-state index is 0.0139. The molecule has 7 aromatic rings. The first-order valence-electron chi connectivity index (χ1n) is 24.0. The molecule has 0 aliphatic carbocycles. The number of nitrogens with zero attached hydrogens (tertiary/aromatic N) is 3. The van der Waals surface area contributed by atoms with Crippen LogP contribution in [0, 0.1) is 12.3 Å². The maximum Gasteiger partial charge on any atom is 0.271 e. The van der Waals surface area contributed by atoms with Crippen molar-refractivity contribution in [3.63, 3.8) is 0 Å². The first kappa shape index (κ1) is 51.7. The summed E-state index contributed by atoms with van der Waals surface area (Å²) in [4.78, 5) is 61.8. The van der Waals surface area contributed by atoms with Gasteiger partial charge in [0.2, 0.25) is 17.7 Å². The molecule has 1 fully saturated rings. The van der Waals surface area contributed by atoms with Crippen LogP contribution in [0.1, 0.15) is 86.6 Å². The van der Waals surface area contributed by atoms with Crippen LogP contribution in [-0.4, -0.2) is 86.4 Å². The average molecular weight is 1020 g/mol. The number of aliphatic hydroxyl groups is 1. The first-order valence-corrected chi connectivity index (χ1v) is 25.7. The molecule has 17 heteroatoms. The van der Waals surface area contributed by atoms with Gasteiger partial charge in [-0.05, 0) is 139 Å². The van der Waals surface area contributed by atoms with E-state index in [1.165, 1.54) is 22.5 Å². The second kappa shape index (κ2) is 22.9. The number of unbranched alkanes of at least 4 members (excludes halogenated alkanes) is 1. The minimum atomic E-state index is -0.929. The van der Waals surface area contributed by atoms with Crippen LogP contribution in [0.15, 0.2) is 126 Å². The fourth-order valence-electron chi connectivity index (χ4n) is 8.49. The molecule has 1 aliphatic heterocycles. The summed E-state index contributed by atoms with van der Waals surface area (Å²) < 4.78 is 13.1. The van der Waals surface area contributed by atoms with E-state index in [1.54, 1.807) is 102 Å². The molecule has 73 heavy (non-hydrogen) atoms. The Labute approximate surface area is 431 Å². The smallest absolute Gasteiger partial charge is 0.271 e. The molecule has 0 spiro atoms. The summed E-state index contributed by atoms with van der Waals surface area (Å²) >= 11 is 3.01. The highest BCUT2D eigenvalue weighted by Crippen LogP contribution is 2.47. The van der Waals surface area contributed by atoms with Gasteiger partial charge in [0.25, 0.3) is 5.91 Å². The Hall–Kier alpha value is -7.60. The molecule has 0 saturated carbocycles. The Bertz CT molecular complexity index is 3110. The van der Waals surface area contributed by atoms with Crippen LogP contribution in [0.4, 0.5) is 0 Å². The molecule has 8 rings (SSSR count). The number of carbonyl (C=O) groups is 4. The molecule has 1 saturated heterocycles. The standard InChI is InChI=1S/C56H58N6O9S2/c1-33(36-14-16-37(17-15-36)50-34(2)57-32-72-50)59-54(68)46-28-42(65)31-62(46)55(69)52(56(3,4)5)60-48(66)11-6-7-26-70-43-23-12-35(13-24-43)30-58-61-53(67)39-9-8-10-44(27-39)71-49-45-25-22-41(64)29-47(45)73-51(49)38-18-20-40(63)21-19-38/h8-10,12-25,27,29-30,32-33,42,46,52,63-65H,6-7,11,26,28,31H2,1-5H3,(H,59,68)(H,60,66)(H,61,67)/b58-30+/t33-,42+,46-,52+/m0/s1. The number of likely N-dealkylation sites (tertiary alicyclic amines) is 1. The number of aliphatic hydroxyl groups excluding tert-OH is 1. The lowest BCUT2D eigenvalue weighted by atomic mass is 9.85. The number of aromatic nitrogens is 1. The summed E-state index contributed by atoms with van der Waals surface area (Å²) in [6.45, 7) is 9.75. The molecule has 4 atom stereocenters. The fourth-order valence-corrected chi connectivity index (χ4v) is 10.5. The largest absolute Gasteiger partial charge is 0.508 e. The second-order valence-electron chi connectivity index (χ2n) is 19.1. The number of phenolic OH excluding ortho intramolecular Hbond substituents is 2. The molecule has 5 aromatic carbocycles. The summed E-state index contributed by atoms with van der Waals surface area (Å²) in [5.74, 6) is 0.339. The van der Waals surface area contributed by atoms with Gasteiger partial charge in [0, 0.05) is 35.0 Å². The third-order valence-electron chi connectivity index (χ3n) is 12.5. The van der Waals surface area contributed by atoms with E-state index in [4.69, 9.17) is 9.47 Å². The molecule has 0 radical (unpaired) electrons. The number of aromatic hydroxyl groups is 2. The Kier molecular flexibility index (Phi) is 16.2. The number of amides is 4. The van der Waals surface area contributed by atoms with Crippen LogP contribution >= 0.6 is 22.7 Å². The SMILES string of the molecule is Cc1ncsc1-c1ccc([C@H](C)NC(=O)[C@@H]2C[C@@H](O)CN2C(=O)[C@@H](NC(=O)CCCCOc2ccc(/C=N/NC(=O)c3cccc(Oc4c(-c5ccc(O)cc5)sc5cc(O)ccc45)c3)cc2)C(C)(C)C)cc1. The summed E-state index contributed by atoms with van der Waals surface area (Å²) in [5.41, 5.74) is 8.46. The number of thiophene rings is 1. The molecular formula is C56H58N6O9S2. The summed E-state index contributed by atoms with van der Waals surface area (Å²) in [6.07, 6.45) is 1.97. The van der Waals surface area contributed by atoms with Gasteiger partial charge in [-0.3, -0.25) is 19.2 Å². The molecule has 3 heterocycles. The zero-order chi connectivity index (χ0) is 51.8. The number of ether oxygens (including phenoxy) is 2. The van der Waals surface area contributed by atoms with E-state index < -0.39 is 35.4 Å². The monoisotopic (exact) mass is 1020 g/mol. The van der Waals surface area contributed by atoms with Gasteiger partial charge in [0.15, 0.2) is 5.75 Å². The third-order valence-corrected chi connectivity index (χ3v) is 14.6. The predicted octanol–water partition coefficient (Wildman–Crippen LogP) is 9.89. The third kappa shape index (κ3) is 12.9. The Balaban J connectivity index is 0.777. The Morgan fingerprint density at radius 2 is 1.58 bits per heavy atom. The average Bonchev–Trinajstić information content (AvgIpc) is 4.09. The zero-order valence-electron chi connectivity index (χ0n) is 41.1. The molecule has 15 nitrogen and oxygen atoms in total. The van der Waals surface area contributed by atoms with E-state index in [9.17, 15) is 34.5 Å². The summed E-state index contributed by atoms with van der Waals surface area (Å²) in [5, 5.41) is 41.5. The van der Waals surface area contributed by atoms with E-state index in [0.29, 0.717) is 42.3 Å². The van der Waals surface area contributed by atoms with Crippen molar-refractivity contribution in [2.24, 2.45) is 10.5 Å². The quantitative estimate of drug-likeness (QED) is 0.0272. The molecular weight excluding hydrogens is 965 g/mol. The van der Waals surface area contributed by atoms with Gasteiger partial charge in [0.05, 0.1) is 45.9 Å². The van der Waals surface area contributed by atoms with Gasteiger partial charge >= 0.3 is 0 Å². The maximum absolute atomic E-state index is 14.1. The number of carbonyl (C=O) groups excluding carboxylic acids is 4. The van der Waals surface area contributed by atoms with Gasteiger partial charge in [-0.15, -0.1) is 22.7 Å². The van der Waals surface area contributed by atoms with Gasteiger partial charge < -0.3 is 40.3 Å². The maximum atomic E-state index is 14.1. The molecule has 378 valence electrons. The van der Waals surface area contributed by atoms with Gasteiger partial charge in [-0.1, -0.05) is 51.1 Å². The molecule has 1 aliphatic rings. The fraction of sp³-hybridized carbons (Fsp3) is 0.286. The number of rotatable bonds is 18. The molecule has 0 unspecified atom stereocenters. The number of hydrogen-bond donors (Lipinski definition) is 6. The highest BCUT2D eigenvalue weighted by Gasteiger charge is 2.44. The lowest BCUT2D eigenvalue weighted by Gasteiger charge is -2.35. The number of benzene rings is 5. The van der Waals surface area contributed by atoms with Crippen LogP contribution in [0.5, 0.6) is 28.7 Å². The normalized spacial score (nSPS) is 15.5. The van der Waals surface area contributed by atoms with Crippen LogP contribution in [0.3, 0.4) is 0 Å². The number of phenols is 2. The molecule has 0 bridgehead atoms. The number of aryl methyl sites for hydroxylation is 1. The molecule has 4 amide bonds. The number of hydrogen-bond acceptors (Lipinski definition) is 13. The zero-order valence-corrected chi connectivity index (χ0v) is 42.8. The summed E-state index contributed by atoms with van der Waals surface area (Å²) in [7, 11) is 0. The number of thiazole rings is 1. The van der Waals surface area contributed by atoms with Crippen molar-refractivity contribution in [2.45, 2.75) is 84.5 Å². The van der Waals surface area contributed by atoms with Crippen LogP contribution in [0.25, 0.3) is 31.0 Å². The highest BCUT2D eigenvalue weighted by atomic mass is 32.1. The Morgan fingerprint density at radius 1 is 0.863 bits per heavy atom. The number of fused-ring (bicyclic) bond motifs is 1. The predicted molar refractivity (Wildman–Crippen MR) is 284 cm³/mol. The van der Waals surface area contributed by atoms with Crippen molar-refractivity contribution >= 4 is 62.6 Å². The lowest BCUT2D eigenvalue weighted by molar-refractivity contribution is -0.144. The van der Waals surface area contributed by atoms with E-state index in [2.05, 4.69) is 26.1 Å². The minimum Gasteiger partial charge on any atom is -0.508 e. The van der Waals surface area contributed by atoms with Crippen LogP contribution < -0.4 is 25.5 Å². The Morgan fingerprint density at radius 3 is 2.29 bits per heavy atom. The second-order valence-corrected chi connectivity index (χ2v) is 21.0. The van der Waals surface area contributed by atoms with Crippen molar-refractivity contribution in [3.05, 3.63) is 143 Å². The molecule has 2 aromatic heterocycles. The van der Waals surface area contributed by atoms with Crippen LogP contribution in [0.2, 0.25) is 0 Å².